The van der Waals surface area contributed by atoms with Crippen LogP contribution in [0.15, 0.2) is 18.3 Å². The van der Waals surface area contributed by atoms with Gasteiger partial charge in [0, 0.05) is 18.3 Å². The summed E-state index contributed by atoms with van der Waals surface area (Å²) in [5.41, 5.74) is -1.78. The molecule has 0 aromatic carbocycles. The van der Waals surface area contributed by atoms with E-state index >= 15 is 0 Å². The van der Waals surface area contributed by atoms with Crippen LogP contribution < -0.4 is 5.32 Å². The van der Waals surface area contributed by atoms with Crippen LogP contribution >= 0.6 is 12.4 Å². The van der Waals surface area contributed by atoms with Gasteiger partial charge in [-0.05, 0) is 38.1 Å². The molecule has 0 radical (unpaired) electrons. The van der Waals surface area contributed by atoms with Crippen LogP contribution in [-0.2, 0) is 12.6 Å². The predicted octanol–water partition coefficient (Wildman–Crippen LogP) is 3.16. The van der Waals surface area contributed by atoms with E-state index in [0.717, 1.165) is 12.3 Å². The smallest absolute Gasteiger partial charge is 0.316 e. The molecule has 0 aliphatic carbocycles. The highest BCUT2D eigenvalue weighted by atomic mass is 35.5. The van der Waals surface area contributed by atoms with Crippen molar-refractivity contribution in [3.8, 4) is 0 Å². The van der Waals surface area contributed by atoms with Crippen molar-refractivity contribution in [1.82, 2.24) is 10.3 Å². The third-order valence-electron chi connectivity index (χ3n) is 3.15. The molecule has 2 rings (SSSR count). The minimum Gasteiger partial charge on any atom is -0.316 e. The third kappa shape index (κ3) is 4.31. The SMILES string of the molecule is Cl.FC1(Cc2ccc(C(F)(F)F)cn2)CCNCC1. The molecule has 19 heavy (non-hydrogen) atoms. The second-order valence-electron chi connectivity index (χ2n) is 4.61. The summed E-state index contributed by atoms with van der Waals surface area (Å²) in [5.74, 6) is 0. The van der Waals surface area contributed by atoms with E-state index in [4.69, 9.17) is 0 Å². The van der Waals surface area contributed by atoms with Crippen LogP contribution in [0, 0.1) is 0 Å². The summed E-state index contributed by atoms with van der Waals surface area (Å²) < 4.78 is 51.3. The van der Waals surface area contributed by atoms with Crippen LogP contribution in [-0.4, -0.2) is 23.7 Å². The normalized spacial score (nSPS) is 18.7. The highest BCUT2D eigenvalue weighted by Gasteiger charge is 2.33. The van der Waals surface area contributed by atoms with E-state index in [1.807, 2.05) is 0 Å². The largest absolute Gasteiger partial charge is 0.417 e. The van der Waals surface area contributed by atoms with Crippen molar-refractivity contribution in [3.05, 3.63) is 29.6 Å². The van der Waals surface area contributed by atoms with Crippen molar-refractivity contribution in [1.29, 1.82) is 0 Å². The van der Waals surface area contributed by atoms with Gasteiger partial charge in [-0.25, -0.2) is 4.39 Å². The number of piperidine rings is 1. The molecule has 1 fully saturated rings. The summed E-state index contributed by atoms with van der Waals surface area (Å²) in [5, 5.41) is 3.05. The lowest BCUT2D eigenvalue weighted by Gasteiger charge is -2.29. The zero-order valence-electron chi connectivity index (χ0n) is 10.1. The van der Waals surface area contributed by atoms with Crippen LogP contribution in [0.4, 0.5) is 17.6 Å². The molecule has 2 nitrogen and oxygen atoms in total. The monoisotopic (exact) mass is 298 g/mol. The van der Waals surface area contributed by atoms with Gasteiger partial charge < -0.3 is 5.32 Å². The minimum atomic E-state index is -4.40. The molecule has 1 N–H and O–H groups in total. The Morgan fingerprint density at radius 3 is 2.32 bits per heavy atom. The molecule has 0 atom stereocenters. The average molecular weight is 299 g/mol. The summed E-state index contributed by atoms with van der Waals surface area (Å²) in [6.45, 7) is 1.19. The Morgan fingerprint density at radius 1 is 1.21 bits per heavy atom. The first kappa shape index (κ1) is 16.2. The maximum absolute atomic E-state index is 14.3. The van der Waals surface area contributed by atoms with E-state index in [2.05, 4.69) is 10.3 Å². The predicted molar refractivity (Wildman–Crippen MR) is 66.1 cm³/mol. The molecule has 108 valence electrons. The van der Waals surface area contributed by atoms with Crippen molar-refractivity contribution in [2.24, 2.45) is 0 Å². The lowest BCUT2D eigenvalue weighted by molar-refractivity contribution is -0.137. The van der Waals surface area contributed by atoms with E-state index in [1.165, 1.54) is 6.07 Å². The first-order valence-electron chi connectivity index (χ1n) is 5.81. The number of hydrogen-bond donors (Lipinski definition) is 1. The van der Waals surface area contributed by atoms with Gasteiger partial charge in [-0.3, -0.25) is 4.98 Å². The molecule has 1 aliphatic rings. The molecule has 0 saturated carbocycles. The van der Waals surface area contributed by atoms with E-state index < -0.39 is 17.4 Å². The van der Waals surface area contributed by atoms with E-state index in [-0.39, 0.29) is 18.8 Å². The van der Waals surface area contributed by atoms with E-state index in [9.17, 15) is 17.6 Å². The molecule has 1 aromatic rings. The van der Waals surface area contributed by atoms with Gasteiger partial charge in [0.25, 0.3) is 0 Å². The Bertz CT molecular complexity index is 399. The molecule has 7 heteroatoms. The number of hydrogen-bond acceptors (Lipinski definition) is 2. The van der Waals surface area contributed by atoms with Gasteiger partial charge >= 0.3 is 6.18 Å². The second-order valence-corrected chi connectivity index (χ2v) is 4.61. The highest BCUT2D eigenvalue weighted by molar-refractivity contribution is 5.85. The van der Waals surface area contributed by atoms with Crippen LogP contribution in [0.3, 0.4) is 0 Å². The number of rotatable bonds is 2. The molecular formula is C12H15ClF4N2. The van der Waals surface area contributed by atoms with Crippen molar-refractivity contribution in [3.63, 3.8) is 0 Å². The number of aromatic nitrogens is 1. The van der Waals surface area contributed by atoms with E-state index in [1.54, 1.807) is 0 Å². The lowest BCUT2D eigenvalue weighted by Crippen LogP contribution is -2.40. The summed E-state index contributed by atoms with van der Waals surface area (Å²) >= 11 is 0. The molecule has 0 amide bonds. The fraction of sp³-hybridized carbons (Fsp3) is 0.583. The molecule has 2 heterocycles. The van der Waals surface area contributed by atoms with E-state index in [0.29, 0.717) is 31.6 Å². The first-order chi connectivity index (χ1) is 8.39. The zero-order chi connectivity index (χ0) is 13.2. The third-order valence-corrected chi connectivity index (χ3v) is 3.15. The van der Waals surface area contributed by atoms with Crippen LogP contribution in [0.5, 0.6) is 0 Å². The standard InChI is InChI=1S/C12H14F4N2.ClH/c13-11(3-5-17-6-4-11)7-10-2-1-9(8-18-10)12(14,15)16;/h1-2,8,17H,3-7H2;1H. The van der Waals surface area contributed by atoms with Crippen molar-refractivity contribution in [2.75, 3.05) is 13.1 Å². The van der Waals surface area contributed by atoms with Crippen LogP contribution in [0.1, 0.15) is 24.1 Å². The zero-order valence-corrected chi connectivity index (χ0v) is 11.0. The number of halogens is 5. The summed E-state index contributed by atoms with van der Waals surface area (Å²) in [4.78, 5) is 3.70. The fourth-order valence-corrected chi connectivity index (χ4v) is 2.07. The Hall–Kier alpha value is -0.880. The minimum absolute atomic E-state index is 0. The van der Waals surface area contributed by atoms with Gasteiger partial charge in [0.2, 0.25) is 0 Å². The summed E-state index contributed by atoms with van der Waals surface area (Å²) in [6.07, 6.45) is -2.81. The summed E-state index contributed by atoms with van der Waals surface area (Å²) in [6, 6.07) is 2.21. The Labute approximate surface area is 115 Å². The Balaban J connectivity index is 0.00000180. The van der Waals surface area contributed by atoms with Gasteiger partial charge in [-0.1, -0.05) is 0 Å². The number of pyridine rings is 1. The maximum atomic E-state index is 14.3. The molecule has 1 aromatic heterocycles. The van der Waals surface area contributed by atoms with Gasteiger partial charge in [-0.15, -0.1) is 12.4 Å². The second kappa shape index (κ2) is 6.05. The summed E-state index contributed by atoms with van der Waals surface area (Å²) in [7, 11) is 0. The molecule has 1 aliphatic heterocycles. The topological polar surface area (TPSA) is 24.9 Å². The van der Waals surface area contributed by atoms with Gasteiger partial charge in [-0.2, -0.15) is 13.2 Å². The first-order valence-corrected chi connectivity index (χ1v) is 5.81. The number of alkyl halides is 4. The highest BCUT2D eigenvalue weighted by Crippen LogP contribution is 2.30. The quantitative estimate of drug-likeness (QED) is 0.849. The van der Waals surface area contributed by atoms with Crippen molar-refractivity contribution >= 4 is 12.4 Å². The van der Waals surface area contributed by atoms with Crippen molar-refractivity contribution < 1.29 is 17.6 Å². The molecular weight excluding hydrogens is 284 g/mol. The lowest BCUT2D eigenvalue weighted by atomic mass is 9.89. The molecule has 1 saturated heterocycles. The molecule has 0 spiro atoms. The Kier molecular flexibility index (Phi) is 5.15. The van der Waals surface area contributed by atoms with Crippen LogP contribution in [0.25, 0.3) is 0 Å². The Morgan fingerprint density at radius 2 is 1.84 bits per heavy atom. The number of nitrogens with one attached hydrogen (secondary N) is 1. The average Bonchev–Trinajstić information content (AvgIpc) is 2.29. The maximum Gasteiger partial charge on any atom is 0.417 e. The molecule has 0 bridgehead atoms. The van der Waals surface area contributed by atoms with Gasteiger partial charge in [0.15, 0.2) is 0 Å². The van der Waals surface area contributed by atoms with Crippen LogP contribution in [0.2, 0.25) is 0 Å². The van der Waals surface area contributed by atoms with Gasteiger partial charge in [0.05, 0.1) is 5.56 Å². The number of nitrogens with zero attached hydrogens (tertiary/aromatic N) is 1. The van der Waals surface area contributed by atoms with Gasteiger partial charge in [0.1, 0.15) is 5.67 Å². The van der Waals surface area contributed by atoms with Crippen molar-refractivity contribution in [2.45, 2.75) is 31.1 Å². The molecule has 0 unspecified atom stereocenters. The fourth-order valence-electron chi connectivity index (χ4n) is 2.07.